The van der Waals surface area contributed by atoms with Crippen molar-refractivity contribution >= 4 is 0 Å². The molecule has 0 saturated heterocycles. The maximum absolute atomic E-state index is 9.36. The van der Waals surface area contributed by atoms with Gasteiger partial charge in [-0.05, 0) is 30.2 Å². The van der Waals surface area contributed by atoms with Gasteiger partial charge in [0.2, 0.25) is 0 Å². The van der Waals surface area contributed by atoms with Crippen molar-refractivity contribution in [1.29, 1.82) is 5.26 Å². The van der Waals surface area contributed by atoms with Gasteiger partial charge < -0.3 is 0 Å². The summed E-state index contributed by atoms with van der Waals surface area (Å²) in [7, 11) is 0. The van der Waals surface area contributed by atoms with Crippen molar-refractivity contribution in [3.63, 3.8) is 0 Å². The average Bonchev–Trinajstić information content (AvgIpc) is 2.40. The first kappa shape index (κ1) is 9.66. The standard InChI is InChI=1S/C15H15N/c16-10-14-11-6-8-13(9-7-11)15(14)12-4-2-1-3-5-12/h1-6,8,11,13-15H,7,9H2/t11-,13-,14-,15+/m0/s1. The largest absolute Gasteiger partial charge is 0.198 e. The second kappa shape index (κ2) is 3.79. The topological polar surface area (TPSA) is 23.8 Å². The van der Waals surface area contributed by atoms with E-state index in [-0.39, 0.29) is 5.92 Å². The first-order valence-corrected chi connectivity index (χ1v) is 6.03. The van der Waals surface area contributed by atoms with Crippen LogP contribution in [0.15, 0.2) is 42.5 Å². The van der Waals surface area contributed by atoms with Crippen molar-refractivity contribution in [3.05, 3.63) is 48.0 Å². The highest BCUT2D eigenvalue weighted by Crippen LogP contribution is 2.49. The zero-order valence-electron chi connectivity index (χ0n) is 9.21. The molecule has 0 amide bonds. The van der Waals surface area contributed by atoms with Gasteiger partial charge >= 0.3 is 0 Å². The van der Waals surface area contributed by atoms with Gasteiger partial charge in [0.1, 0.15) is 0 Å². The van der Waals surface area contributed by atoms with Gasteiger partial charge in [-0.2, -0.15) is 5.26 Å². The molecule has 0 aromatic heterocycles. The van der Waals surface area contributed by atoms with Crippen molar-refractivity contribution in [2.45, 2.75) is 18.8 Å². The van der Waals surface area contributed by atoms with Gasteiger partial charge in [-0.25, -0.2) is 0 Å². The van der Waals surface area contributed by atoms with E-state index in [1.807, 2.05) is 6.07 Å². The van der Waals surface area contributed by atoms with E-state index in [0.717, 1.165) is 0 Å². The Morgan fingerprint density at radius 1 is 1.00 bits per heavy atom. The molecule has 80 valence electrons. The minimum Gasteiger partial charge on any atom is -0.198 e. The highest BCUT2D eigenvalue weighted by atomic mass is 14.5. The lowest BCUT2D eigenvalue weighted by Crippen LogP contribution is -2.34. The predicted molar refractivity (Wildman–Crippen MR) is 63.6 cm³/mol. The molecule has 1 aromatic rings. The molecule has 0 heterocycles. The summed E-state index contributed by atoms with van der Waals surface area (Å²) >= 11 is 0. The quantitative estimate of drug-likeness (QED) is 0.649. The van der Waals surface area contributed by atoms with Crippen molar-refractivity contribution in [2.24, 2.45) is 17.8 Å². The first-order valence-electron chi connectivity index (χ1n) is 6.03. The molecule has 0 N–H and O–H groups in total. The summed E-state index contributed by atoms with van der Waals surface area (Å²) < 4.78 is 0. The Morgan fingerprint density at radius 3 is 2.31 bits per heavy atom. The normalized spacial score (nSPS) is 35.9. The zero-order chi connectivity index (χ0) is 11.0. The maximum Gasteiger partial charge on any atom is 0.0668 e. The molecule has 4 rings (SSSR count). The monoisotopic (exact) mass is 209 g/mol. The summed E-state index contributed by atoms with van der Waals surface area (Å²) in [5.74, 6) is 1.68. The third-order valence-electron chi connectivity index (χ3n) is 4.08. The molecule has 3 aliphatic carbocycles. The highest BCUT2D eigenvalue weighted by Gasteiger charge is 2.41. The fourth-order valence-corrected chi connectivity index (χ4v) is 3.30. The van der Waals surface area contributed by atoms with E-state index in [2.05, 4.69) is 42.5 Å². The molecule has 2 bridgehead atoms. The Morgan fingerprint density at radius 2 is 1.69 bits per heavy atom. The number of rotatable bonds is 1. The Kier molecular flexibility index (Phi) is 2.29. The molecule has 1 heteroatoms. The third kappa shape index (κ3) is 1.38. The summed E-state index contributed by atoms with van der Waals surface area (Å²) in [6, 6.07) is 13.1. The van der Waals surface area contributed by atoms with E-state index in [1.165, 1.54) is 18.4 Å². The van der Waals surface area contributed by atoms with Crippen LogP contribution in [0.5, 0.6) is 0 Å². The van der Waals surface area contributed by atoms with Crippen molar-refractivity contribution in [3.8, 4) is 6.07 Å². The first-order chi connectivity index (χ1) is 7.90. The summed E-state index contributed by atoms with van der Waals surface area (Å²) in [5.41, 5.74) is 1.34. The van der Waals surface area contributed by atoms with E-state index in [9.17, 15) is 5.26 Å². The molecular weight excluding hydrogens is 194 g/mol. The number of nitriles is 1. The SMILES string of the molecule is N#C[C@@H]1[C@H](c2ccccc2)[C@H]2C=C[C@H]1CC2. The third-order valence-corrected chi connectivity index (χ3v) is 4.08. The van der Waals surface area contributed by atoms with Crippen LogP contribution in [0, 0.1) is 29.1 Å². The maximum atomic E-state index is 9.36. The molecular formula is C15H15N. The average molecular weight is 209 g/mol. The van der Waals surface area contributed by atoms with Crippen LogP contribution in [0.3, 0.4) is 0 Å². The van der Waals surface area contributed by atoms with Crippen molar-refractivity contribution < 1.29 is 0 Å². The second-order valence-electron chi connectivity index (χ2n) is 4.88. The Labute approximate surface area is 96.4 Å². The molecule has 0 radical (unpaired) electrons. The smallest absolute Gasteiger partial charge is 0.0668 e. The van der Waals surface area contributed by atoms with Crippen molar-refractivity contribution in [1.82, 2.24) is 0 Å². The number of allylic oxidation sites excluding steroid dienone is 2. The molecule has 1 nitrogen and oxygen atoms in total. The Balaban J connectivity index is 2.01. The van der Waals surface area contributed by atoms with Crippen LogP contribution in [-0.4, -0.2) is 0 Å². The van der Waals surface area contributed by atoms with Crippen LogP contribution in [0.4, 0.5) is 0 Å². The van der Waals surface area contributed by atoms with Gasteiger partial charge in [0.05, 0.1) is 12.0 Å². The highest BCUT2D eigenvalue weighted by molar-refractivity contribution is 5.29. The van der Waals surface area contributed by atoms with Crippen molar-refractivity contribution in [2.75, 3.05) is 0 Å². The van der Waals surface area contributed by atoms with Crippen LogP contribution in [0.1, 0.15) is 24.3 Å². The summed E-state index contributed by atoms with van der Waals surface area (Å²) in [6.45, 7) is 0. The molecule has 0 spiro atoms. The summed E-state index contributed by atoms with van der Waals surface area (Å²) in [6.07, 6.45) is 7.04. The number of hydrogen-bond acceptors (Lipinski definition) is 1. The predicted octanol–water partition coefficient (Wildman–Crippen LogP) is 3.51. The van der Waals surface area contributed by atoms with Crippen LogP contribution in [0.25, 0.3) is 0 Å². The van der Waals surface area contributed by atoms with Gasteiger partial charge in [-0.3, -0.25) is 0 Å². The van der Waals surface area contributed by atoms with Crippen LogP contribution >= 0.6 is 0 Å². The van der Waals surface area contributed by atoms with Gasteiger partial charge in [-0.15, -0.1) is 0 Å². The fraction of sp³-hybridized carbons (Fsp3) is 0.400. The van der Waals surface area contributed by atoms with Crippen LogP contribution in [-0.2, 0) is 0 Å². The Hall–Kier alpha value is -1.55. The van der Waals surface area contributed by atoms with E-state index in [4.69, 9.17) is 0 Å². The fourth-order valence-electron chi connectivity index (χ4n) is 3.30. The molecule has 4 atom stereocenters. The number of nitrogens with zero attached hydrogens (tertiary/aromatic N) is 1. The van der Waals surface area contributed by atoms with E-state index in [0.29, 0.717) is 17.8 Å². The molecule has 16 heavy (non-hydrogen) atoms. The van der Waals surface area contributed by atoms with Gasteiger partial charge in [0.25, 0.3) is 0 Å². The van der Waals surface area contributed by atoms with E-state index in [1.54, 1.807) is 0 Å². The minimum absolute atomic E-state index is 0.186. The van der Waals surface area contributed by atoms with Gasteiger partial charge in [0, 0.05) is 5.92 Å². The van der Waals surface area contributed by atoms with Crippen LogP contribution in [0.2, 0.25) is 0 Å². The molecule has 0 unspecified atom stereocenters. The number of benzene rings is 1. The minimum atomic E-state index is 0.186. The van der Waals surface area contributed by atoms with E-state index < -0.39 is 0 Å². The molecule has 3 aliphatic rings. The number of fused-ring (bicyclic) bond motifs is 2. The van der Waals surface area contributed by atoms with Crippen LogP contribution < -0.4 is 0 Å². The molecule has 1 saturated carbocycles. The number of hydrogen-bond donors (Lipinski definition) is 0. The lowest BCUT2D eigenvalue weighted by atomic mass is 9.61. The molecule has 1 aromatic carbocycles. The summed E-state index contributed by atoms with van der Waals surface area (Å²) in [4.78, 5) is 0. The lowest BCUT2D eigenvalue weighted by Gasteiger charge is -2.42. The molecule has 1 fully saturated rings. The van der Waals surface area contributed by atoms with Gasteiger partial charge in [0.15, 0.2) is 0 Å². The Bertz CT molecular complexity index is 440. The van der Waals surface area contributed by atoms with Gasteiger partial charge in [-0.1, -0.05) is 42.5 Å². The zero-order valence-corrected chi connectivity index (χ0v) is 9.21. The lowest BCUT2D eigenvalue weighted by molar-refractivity contribution is 0.225. The van der Waals surface area contributed by atoms with E-state index >= 15 is 0 Å². The summed E-state index contributed by atoms with van der Waals surface area (Å²) in [5, 5.41) is 9.36. The molecule has 0 aliphatic heterocycles. The second-order valence-corrected chi connectivity index (χ2v) is 4.88.